The molecule has 2 unspecified atom stereocenters. The maximum absolute atomic E-state index is 15.3. The minimum atomic E-state index is -4.20. The zero-order valence-corrected chi connectivity index (χ0v) is 13.4. The van der Waals surface area contributed by atoms with Crippen LogP contribution in [0.4, 0.5) is 17.6 Å². The van der Waals surface area contributed by atoms with E-state index in [2.05, 4.69) is 32.9 Å². The van der Waals surface area contributed by atoms with Gasteiger partial charge < -0.3 is 0 Å². The van der Waals surface area contributed by atoms with E-state index in [0.717, 1.165) is 0 Å². The molecule has 0 aliphatic heterocycles. The standard InChI is InChI=1S/C20H20F4/c1-6-18(21,19(22,7-2)20(23,24)8-3)16(5)14-15(4)17-12-10-9-11-13-17/h6-13H,1-5,14H2. The van der Waals surface area contributed by atoms with Crippen molar-refractivity contribution in [2.75, 3.05) is 0 Å². The molecule has 0 heterocycles. The van der Waals surface area contributed by atoms with Gasteiger partial charge in [0.15, 0.2) is 5.67 Å². The molecule has 0 nitrogen and oxygen atoms in total. The second-order valence-corrected chi connectivity index (χ2v) is 5.41. The molecule has 0 fully saturated rings. The van der Waals surface area contributed by atoms with Crippen molar-refractivity contribution in [1.82, 2.24) is 0 Å². The summed E-state index contributed by atoms with van der Waals surface area (Å²) < 4.78 is 58.2. The quantitative estimate of drug-likeness (QED) is 0.369. The summed E-state index contributed by atoms with van der Waals surface area (Å²) in [5.74, 6) is -4.20. The molecule has 0 aromatic heterocycles. The molecule has 0 radical (unpaired) electrons. The van der Waals surface area contributed by atoms with Gasteiger partial charge in [-0.2, -0.15) is 8.78 Å². The Morgan fingerprint density at radius 1 is 0.875 bits per heavy atom. The van der Waals surface area contributed by atoms with Gasteiger partial charge in [0.1, 0.15) is 0 Å². The third-order valence-corrected chi connectivity index (χ3v) is 3.96. The molecular formula is C20H20F4. The summed E-state index contributed by atoms with van der Waals surface area (Å²) in [7, 11) is 0. The third kappa shape index (κ3) is 3.14. The molecule has 0 aliphatic rings. The first kappa shape index (κ1) is 19.7. The number of hydrogen-bond donors (Lipinski definition) is 0. The van der Waals surface area contributed by atoms with E-state index in [1.165, 1.54) is 0 Å². The van der Waals surface area contributed by atoms with Crippen molar-refractivity contribution in [2.24, 2.45) is 0 Å². The van der Waals surface area contributed by atoms with Crippen LogP contribution in [0.15, 0.2) is 87.0 Å². The molecule has 0 spiro atoms. The van der Waals surface area contributed by atoms with E-state index in [-0.39, 0.29) is 18.6 Å². The molecule has 0 aliphatic carbocycles. The molecule has 1 aromatic carbocycles. The fourth-order valence-electron chi connectivity index (χ4n) is 2.39. The minimum absolute atomic E-state index is 0.0474. The lowest BCUT2D eigenvalue weighted by Gasteiger charge is -2.40. The van der Waals surface area contributed by atoms with Crippen molar-refractivity contribution in [3.05, 3.63) is 92.6 Å². The monoisotopic (exact) mass is 336 g/mol. The van der Waals surface area contributed by atoms with Crippen LogP contribution in [0.5, 0.6) is 0 Å². The molecular weight excluding hydrogens is 316 g/mol. The van der Waals surface area contributed by atoms with Crippen molar-refractivity contribution < 1.29 is 17.6 Å². The summed E-state index contributed by atoms with van der Waals surface area (Å²) >= 11 is 0. The van der Waals surface area contributed by atoms with E-state index in [4.69, 9.17) is 0 Å². The molecule has 0 bridgehead atoms. The number of alkyl halides is 4. The highest BCUT2D eigenvalue weighted by Crippen LogP contribution is 2.50. The topological polar surface area (TPSA) is 0 Å². The fraction of sp³-hybridized carbons (Fsp3) is 0.200. The molecule has 0 N–H and O–H groups in total. The van der Waals surface area contributed by atoms with Crippen LogP contribution in [0.1, 0.15) is 12.0 Å². The van der Waals surface area contributed by atoms with Crippen LogP contribution >= 0.6 is 0 Å². The van der Waals surface area contributed by atoms with E-state index < -0.39 is 22.8 Å². The lowest BCUT2D eigenvalue weighted by molar-refractivity contribution is -0.122. The van der Waals surface area contributed by atoms with Crippen LogP contribution in [-0.2, 0) is 0 Å². The first-order chi connectivity index (χ1) is 11.1. The predicted molar refractivity (Wildman–Crippen MR) is 92.4 cm³/mol. The summed E-state index contributed by atoms with van der Waals surface area (Å²) in [6.45, 7) is 16.3. The number of halogens is 4. The fourth-order valence-corrected chi connectivity index (χ4v) is 2.39. The van der Waals surface area contributed by atoms with Gasteiger partial charge in [-0.3, -0.25) is 0 Å². The predicted octanol–water partition coefficient (Wildman–Crippen LogP) is 6.26. The first-order valence-electron chi connectivity index (χ1n) is 7.17. The Labute approximate surface area is 140 Å². The van der Waals surface area contributed by atoms with E-state index >= 15 is 4.39 Å². The summed E-state index contributed by atoms with van der Waals surface area (Å²) in [5.41, 5.74) is -6.36. The van der Waals surface area contributed by atoms with Crippen molar-refractivity contribution in [2.45, 2.75) is 23.7 Å². The van der Waals surface area contributed by atoms with Crippen LogP contribution in [0, 0.1) is 0 Å². The minimum Gasteiger partial charge on any atom is -0.230 e. The van der Waals surface area contributed by atoms with Crippen LogP contribution in [0.3, 0.4) is 0 Å². The zero-order valence-electron chi connectivity index (χ0n) is 13.4. The molecule has 2 atom stereocenters. The highest BCUT2D eigenvalue weighted by molar-refractivity contribution is 5.66. The summed E-state index contributed by atoms with van der Waals surface area (Å²) in [6, 6.07) is 8.71. The Balaban J connectivity index is 3.24. The Hall–Kier alpha value is -2.36. The molecule has 1 rings (SSSR count). The number of allylic oxidation sites excluding steroid dienone is 5. The Morgan fingerprint density at radius 2 is 1.42 bits per heavy atom. The maximum atomic E-state index is 15.3. The summed E-state index contributed by atoms with van der Waals surface area (Å²) in [6.07, 6.45) is 0.532. The number of hydrogen-bond acceptors (Lipinski definition) is 0. The molecule has 4 heteroatoms. The van der Waals surface area contributed by atoms with Crippen LogP contribution in [0.25, 0.3) is 5.57 Å². The van der Waals surface area contributed by atoms with Gasteiger partial charge in [0.05, 0.1) is 0 Å². The molecule has 128 valence electrons. The van der Waals surface area contributed by atoms with Gasteiger partial charge >= 0.3 is 5.92 Å². The smallest absolute Gasteiger partial charge is 0.230 e. The van der Waals surface area contributed by atoms with E-state index in [0.29, 0.717) is 17.2 Å². The summed E-state index contributed by atoms with van der Waals surface area (Å²) in [5, 5.41) is 0. The second-order valence-electron chi connectivity index (χ2n) is 5.41. The van der Waals surface area contributed by atoms with E-state index in [1.807, 2.05) is 0 Å². The molecule has 24 heavy (non-hydrogen) atoms. The zero-order chi connectivity index (χ0) is 18.6. The lowest BCUT2D eigenvalue weighted by Crippen LogP contribution is -2.57. The summed E-state index contributed by atoms with van der Waals surface area (Å²) in [4.78, 5) is 0. The Morgan fingerprint density at radius 3 is 1.83 bits per heavy atom. The third-order valence-electron chi connectivity index (χ3n) is 3.96. The van der Waals surface area contributed by atoms with E-state index in [9.17, 15) is 13.2 Å². The van der Waals surface area contributed by atoms with Crippen molar-refractivity contribution in [1.29, 1.82) is 0 Å². The first-order valence-corrected chi connectivity index (χ1v) is 7.17. The van der Waals surface area contributed by atoms with Gasteiger partial charge in [-0.25, -0.2) is 8.78 Å². The van der Waals surface area contributed by atoms with Crippen molar-refractivity contribution in [3.8, 4) is 0 Å². The van der Waals surface area contributed by atoms with Gasteiger partial charge in [0, 0.05) is 0 Å². The maximum Gasteiger partial charge on any atom is 0.306 e. The highest BCUT2D eigenvalue weighted by atomic mass is 19.3. The second kappa shape index (κ2) is 7.04. The molecule has 0 saturated heterocycles. The van der Waals surface area contributed by atoms with Crippen LogP contribution in [0.2, 0.25) is 0 Å². The van der Waals surface area contributed by atoms with Crippen molar-refractivity contribution >= 4 is 5.57 Å². The molecule has 0 amide bonds. The molecule has 0 saturated carbocycles. The number of rotatable bonds is 9. The Bertz CT molecular complexity index is 659. The molecule has 1 aromatic rings. The van der Waals surface area contributed by atoms with Gasteiger partial charge in [0.25, 0.3) is 0 Å². The normalized spacial score (nSPS) is 16.3. The van der Waals surface area contributed by atoms with Crippen molar-refractivity contribution in [3.63, 3.8) is 0 Å². The largest absolute Gasteiger partial charge is 0.306 e. The van der Waals surface area contributed by atoms with Gasteiger partial charge in [-0.05, 0) is 41.4 Å². The Kier molecular flexibility index (Phi) is 5.77. The van der Waals surface area contributed by atoms with Crippen LogP contribution < -0.4 is 0 Å². The SMILES string of the molecule is C=CC(F)(F)C(F)(C=C)C(F)(C=C)C(=C)CC(=C)c1ccccc1. The van der Waals surface area contributed by atoms with E-state index in [1.54, 1.807) is 30.3 Å². The average Bonchev–Trinajstić information content (AvgIpc) is 2.60. The van der Waals surface area contributed by atoms with Gasteiger partial charge in [-0.15, -0.1) is 0 Å². The van der Waals surface area contributed by atoms with Gasteiger partial charge in [-0.1, -0.05) is 63.2 Å². The van der Waals surface area contributed by atoms with Gasteiger partial charge in [0.2, 0.25) is 5.67 Å². The highest BCUT2D eigenvalue weighted by Gasteiger charge is 2.65. The number of benzene rings is 1. The lowest BCUT2D eigenvalue weighted by atomic mass is 9.74. The van der Waals surface area contributed by atoms with Crippen LogP contribution in [-0.4, -0.2) is 17.3 Å². The average molecular weight is 336 g/mol.